The molecular weight excluding hydrogens is 362 g/mol. The van der Waals surface area contributed by atoms with Gasteiger partial charge in [-0.1, -0.05) is 18.2 Å². The van der Waals surface area contributed by atoms with E-state index in [4.69, 9.17) is 0 Å². The van der Waals surface area contributed by atoms with Gasteiger partial charge in [-0.2, -0.15) is 0 Å². The topological polar surface area (TPSA) is 117 Å². The van der Waals surface area contributed by atoms with Gasteiger partial charge in [0, 0.05) is 42.1 Å². The van der Waals surface area contributed by atoms with E-state index >= 15 is 0 Å². The van der Waals surface area contributed by atoms with E-state index in [-0.39, 0.29) is 18.0 Å². The monoisotopic (exact) mass is 379 g/mol. The molecule has 1 amide bonds. The summed E-state index contributed by atoms with van der Waals surface area (Å²) in [6.07, 6.45) is 0.192. The molecule has 2 atom stereocenters. The zero-order chi connectivity index (χ0) is 20.0. The van der Waals surface area contributed by atoms with Crippen molar-refractivity contribution in [2.45, 2.75) is 25.4 Å². The number of nitrogens with one attached hydrogen (secondary N) is 1. The number of carbonyl (C=O) groups is 2. The zero-order valence-corrected chi connectivity index (χ0v) is 15.0. The van der Waals surface area contributed by atoms with E-state index in [0.717, 1.165) is 22.2 Å². The largest absolute Gasteiger partial charge is 0.480 e. The van der Waals surface area contributed by atoms with Crippen molar-refractivity contribution >= 4 is 28.5 Å². The molecule has 1 aromatic heterocycles. The van der Waals surface area contributed by atoms with E-state index in [1.54, 1.807) is 12.1 Å². The average Bonchev–Trinajstić information content (AvgIpc) is 3.04. The summed E-state index contributed by atoms with van der Waals surface area (Å²) in [7, 11) is 0. The highest BCUT2D eigenvalue weighted by Gasteiger charge is 2.42. The molecule has 0 bridgehead atoms. The van der Waals surface area contributed by atoms with Crippen molar-refractivity contribution < 1.29 is 19.6 Å². The first-order valence-corrected chi connectivity index (χ1v) is 8.74. The molecule has 142 valence electrons. The standard InChI is InChI=1S/C20H17N3O5/c1-11(24)22-17(20(25)26)10-15-14-4-2-3-5-16(14)21-18(15)19(22)12-6-8-13(9-7-12)23(27)28/h2-9,17,19,21H,10H2,1H3,(H,25,26)/t17-,19-/m1/s1. The number of carboxylic acid groups (broad SMARTS) is 1. The molecule has 0 fully saturated rings. The summed E-state index contributed by atoms with van der Waals surface area (Å²) in [5.41, 5.74) is 2.99. The third kappa shape index (κ3) is 2.70. The Hall–Kier alpha value is -3.68. The number of rotatable bonds is 3. The van der Waals surface area contributed by atoms with Crippen molar-refractivity contribution in [1.29, 1.82) is 0 Å². The molecule has 8 heteroatoms. The van der Waals surface area contributed by atoms with Crippen molar-refractivity contribution in [3.05, 3.63) is 75.5 Å². The van der Waals surface area contributed by atoms with Crippen LogP contribution in [0.2, 0.25) is 0 Å². The number of nitro benzene ring substituents is 1. The van der Waals surface area contributed by atoms with Crippen LogP contribution in [0.5, 0.6) is 0 Å². The first kappa shape index (κ1) is 17.7. The molecule has 0 unspecified atom stereocenters. The number of aromatic amines is 1. The molecule has 0 saturated heterocycles. The number of carbonyl (C=O) groups excluding carboxylic acids is 1. The lowest BCUT2D eigenvalue weighted by Crippen LogP contribution is -2.50. The van der Waals surface area contributed by atoms with Gasteiger partial charge in [0.15, 0.2) is 0 Å². The summed E-state index contributed by atoms with van der Waals surface area (Å²) < 4.78 is 0. The maximum absolute atomic E-state index is 12.4. The number of hydrogen-bond donors (Lipinski definition) is 2. The number of nitrogens with zero attached hydrogens (tertiary/aromatic N) is 2. The maximum atomic E-state index is 12.4. The lowest BCUT2D eigenvalue weighted by Gasteiger charge is -2.39. The van der Waals surface area contributed by atoms with Crippen molar-refractivity contribution in [2.75, 3.05) is 0 Å². The van der Waals surface area contributed by atoms with Gasteiger partial charge in [0.25, 0.3) is 5.69 Å². The van der Waals surface area contributed by atoms with E-state index in [0.29, 0.717) is 5.56 Å². The van der Waals surface area contributed by atoms with Crippen molar-refractivity contribution in [2.24, 2.45) is 0 Å². The number of benzene rings is 2. The summed E-state index contributed by atoms with van der Waals surface area (Å²) in [5, 5.41) is 21.7. The van der Waals surface area contributed by atoms with Gasteiger partial charge in [-0.15, -0.1) is 0 Å². The van der Waals surface area contributed by atoms with Gasteiger partial charge >= 0.3 is 5.97 Å². The first-order chi connectivity index (χ1) is 13.4. The van der Waals surface area contributed by atoms with E-state index in [9.17, 15) is 24.8 Å². The van der Waals surface area contributed by atoms with Crippen LogP contribution >= 0.6 is 0 Å². The molecule has 0 radical (unpaired) electrons. The van der Waals surface area contributed by atoms with Gasteiger partial charge in [0.05, 0.1) is 11.0 Å². The molecule has 8 nitrogen and oxygen atoms in total. The minimum absolute atomic E-state index is 0.0689. The molecule has 2 N–H and O–H groups in total. The van der Waals surface area contributed by atoms with Gasteiger partial charge in [-0.05, 0) is 29.3 Å². The quantitative estimate of drug-likeness (QED) is 0.536. The zero-order valence-electron chi connectivity index (χ0n) is 15.0. The number of aliphatic carboxylic acids is 1. The fourth-order valence-corrected chi connectivity index (χ4v) is 4.00. The van der Waals surface area contributed by atoms with Crippen LogP contribution in [0.25, 0.3) is 10.9 Å². The number of carboxylic acids is 1. The predicted octanol–water partition coefficient (Wildman–Crippen LogP) is 3.02. The van der Waals surface area contributed by atoms with Crippen molar-refractivity contribution in [3.63, 3.8) is 0 Å². The molecule has 1 aliphatic heterocycles. The summed E-state index contributed by atoms with van der Waals surface area (Å²) in [5.74, 6) is -1.46. The van der Waals surface area contributed by atoms with E-state index in [1.807, 2.05) is 24.3 Å². The number of aromatic nitrogens is 1. The Balaban J connectivity index is 1.95. The van der Waals surface area contributed by atoms with Crippen LogP contribution in [-0.4, -0.2) is 37.8 Å². The average molecular weight is 379 g/mol. The van der Waals surface area contributed by atoms with Crippen LogP contribution in [0, 0.1) is 10.1 Å². The molecular formula is C20H17N3O5. The van der Waals surface area contributed by atoms with Crippen LogP contribution < -0.4 is 0 Å². The normalized spacial score (nSPS) is 18.7. The van der Waals surface area contributed by atoms with Crippen LogP contribution in [0.15, 0.2) is 48.5 Å². The number of hydrogen-bond acceptors (Lipinski definition) is 4. The lowest BCUT2D eigenvalue weighted by atomic mass is 9.88. The number of fused-ring (bicyclic) bond motifs is 3. The molecule has 0 saturated carbocycles. The number of amides is 1. The van der Waals surface area contributed by atoms with Crippen LogP contribution in [-0.2, 0) is 16.0 Å². The summed E-state index contributed by atoms with van der Waals surface area (Å²) in [6, 6.07) is 11.7. The van der Waals surface area contributed by atoms with Crippen LogP contribution in [0.3, 0.4) is 0 Å². The molecule has 3 aromatic rings. The molecule has 1 aliphatic rings. The molecule has 4 rings (SSSR count). The second kappa shape index (κ2) is 6.49. The fourth-order valence-electron chi connectivity index (χ4n) is 4.00. The van der Waals surface area contributed by atoms with Crippen LogP contribution in [0.1, 0.15) is 29.8 Å². The summed E-state index contributed by atoms with van der Waals surface area (Å²) >= 11 is 0. The third-order valence-corrected chi connectivity index (χ3v) is 5.20. The number of nitro groups is 1. The molecule has 2 aromatic carbocycles. The molecule has 0 spiro atoms. The minimum Gasteiger partial charge on any atom is -0.480 e. The van der Waals surface area contributed by atoms with Gasteiger partial charge in [-0.25, -0.2) is 4.79 Å². The Morgan fingerprint density at radius 1 is 1.18 bits per heavy atom. The maximum Gasteiger partial charge on any atom is 0.326 e. The minimum atomic E-state index is -1.09. The second-order valence-electron chi connectivity index (χ2n) is 6.80. The number of non-ortho nitro benzene ring substituents is 1. The lowest BCUT2D eigenvalue weighted by molar-refractivity contribution is -0.384. The molecule has 28 heavy (non-hydrogen) atoms. The van der Waals surface area contributed by atoms with Gasteiger partial charge < -0.3 is 15.0 Å². The smallest absolute Gasteiger partial charge is 0.326 e. The Morgan fingerprint density at radius 2 is 1.86 bits per heavy atom. The highest BCUT2D eigenvalue weighted by molar-refractivity contribution is 5.90. The number of para-hydroxylation sites is 1. The van der Waals surface area contributed by atoms with E-state index in [1.165, 1.54) is 24.0 Å². The van der Waals surface area contributed by atoms with E-state index < -0.39 is 23.0 Å². The Bertz CT molecular complexity index is 1100. The van der Waals surface area contributed by atoms with Crippen molar-refractivity contribution in [3.8, 4) is 0 Å². The highest BCUT2D eigenvalue weighted by Crippen LogP contribution is 2.41. The SMILES string of the molecule is CC(=O)N1[C@H](c2ccc([N+](=O)[O-])cc2)c2[nH]c3ccccc3c2C[C@@H]1C(=O)O. The Morgan fingerprint density at radius 3 is 2.46 bits per heavy atom. The van der Waals surface area contributed by atoms with E-state index in [2.05, 4.69) is 4.98 Å². The van der Waals surface area contributed by atoms with Crippen molar-refractivity contribution in [1.82, 2.24) is 9.88 Å². The predicted molar refractivity (Wildman–Crippen MR) is 101 cm³/mol. The second-order valence-corrected chi connectivity index (χ2v) is 6.80. The van der Waals surface area contributed by atoms with Crippen LogP contribution in [0.4, 0.5) is 5.69 Å². The summed E-state index contributed by atoms with van der Waals surface area (Å²) in [4.78, 5) is 39.5. The fraction of sp³-hybridized carbons (Fsp3) is 0.200. The third-order valence-electron chi connectivity index (χ3n) is 5.20. The first-order valence-electron chi connectivity index (χ1n) is 8.74. The van der Waals surface area contributed by atoms with Gasteiger partial charge in [0.1, 0.15) is 6.04 Å². The van der Waals surface area contributed by atoms with Gasteiger partial charge in [0.2, 0.25) is 5.91 Å². The Kier molecular flexibility index (Phi) is 4.11. The number of H-pyrrole nitrogens is 1. The molecule has 2 heterocycles. The molecule has 0 aliphatic carbocycles. The highest BCUT2D eigenvalue weighted by atomic mass is 16.6. The van der Waals surface area contributed by atoms with Gasteiger partial charge in [-0.3, -0.25) is 14.9 Å². The summed E-state index contributed by atoms with van der Waals surface area (Å²) in [6.45, 7) is 1.34. The Labute approximate surface area is 159 Å².